The van der Waals surface area contributed by atoms with Crippen molar-refractivity contribution in [1.82, 2.24) is 10.1 Å². The molecule has 0 atom stereocenters. The smallest absolute Gasteiger partial charge is 0.254 e. The molecule has 1 aliphatic heterocycles. The van der Waals surface area contributed by atoms with E-state index in [9.17, 15) is 4.79 Å². The van der Waals surface area contributed by atoms with Crippen LogP contribution in [0.1, 0.15) is 38.5 Å². The second kappa shape index (κ2) is 7.99. The normalized spacial score (nSPS) is 13.1. The summed E-state index contributed by atoms with van der Waals surface area (Å²) in [6.45, 7) is 5.40. The molecular weight excluding hydrogens is 368 g/mol. The van der Waals surface area contributed by atoms with E-state index in [1.165, 1.54) is 11.1 Å². The Morgan fingerprint density at radius 3 is 2.66 bits per heavy atom. The molecule has 6 nitrogen and oxygen atoms in total. The van der Waals surface area contributed by atoms with Gasteiger partial charge in [0.05, 0.1) is 18.4 Å². The number of aromatic nitrogens is 1. The lowest BCUT2D eigenvalue weighted by molar-refractivity contribution is 0.0734. The molecule has 2 aromatic carbocycles. The summed E-state index contributed by atoms with van der Waals surface area (Å²) in [5, 5.41) is 3.94. The standard InChI is InChI=1S/C23H24N2O4/c1-15-20(16(2)29-24-15)14-28-21-9-8-18(12-22(21)27-3)23(26)25-11-10-17-6-4-5-7-19(17)13-25/h4-9,12H,10-11,13-14H2,1-3H3. The summed E-state index contributed by atoms with van der Waals surface area (Å²) in [7, 11) is 1.57. The fourth-order valence-corrected chi connectivity index (χ4v) is 3.63. The first kappa shape index (κ1) is 19.1. The van der Waals surface area contributed by atoms with Crippen molar-refractivity contribution in [2.75, 3.05) is 13.7 Å². The van der Waals surface area contributed by atoms with E-state index in [-0.39, 0.29) is 5.91 Å². The number of methoxy groups -OCH3 is 1. The molecule has 0 unspecified atom stereocenters. The minimum Gasteiger partial charge on any atom is -0.493 e. The molecule has 0 bridgehead atoms. The van der Waals surface area contributed by atoms with Crippen LogP contribution in [0.25, 0.3) is 0 Å². The van der Waals surface area contributed by atoms with Crippen LogP contribution < -0.4 is 9.47 Å². The molecule has 1 aromatic heterocycles. The number of hydrogen-bond donors (Lipinski definition) is 0. The maximum Gasteiger partial charge on any atom is 0.254 e. The van der Waals surface area contributed by atoms with E-state index in [0.717, 1.165) is 23.4 Å². The lowest BCUT2D eigenvalue weighted by atomic mass is 9.99. The Hall–Kier alpha value is -3.28. The number of hydrogen-bond acceptors (Lipinski definition) is 5. The lowest BCUT2D eigenvalue weighted by Gasteiger charge is -2.29. The molecule has 0 radical (unpaired) electrons. The summed E-state index contributed by atoms with van der Waals surface area (Å²) >= 11 is 0. The predicted octanol–water partition coefficient (Wildman–Crippen LogP) is 4.08. The average molecular weight is 392 g/mol. The highest BCUT2D eigenvalue weighted by molar-refractivity contribution is 5.95. The molecule has 0 fully saturated rings. The van der Waals surface area contributed by atoms with Gasteiger partial charge in [-0.05, 0) is 49.6 Å². The first-order chi connectivity index (χ1) is 14.1. The van der Waals surface area contributed by atoms with E-state index in [0.29, 0.717) is 36.8 Å². The van der Waals surface area contributed by atoms with Crippen molar-refractivity contribution < 1.29 is 18.8 Å². The summed E-state index contributed by atoms with van der Waals surface area (Å²) in [6.07, 6.45) is 0.873. The largest absolute Gasteiger partial charge is 0.493 e. The van der Waals surface area contributed by atoms with E-state index >= 15 is 0 Å². The summed E-state index contributed by atoms with van der Waals surface area (Å²) in [5.74, 6) is 1.83. The van der Waals surface area contributed by atoms with Crippen LogP contribution in [-0.2, 0) is 19.6 Å². The van der Waals surface area contributed by atoms with E-state index in [4.69, 9.17) is 14.0 Å². The Bertz CT molecular complexity index is 1020. The van der Waals surface area contributed by atoms with Gasteiger partial charge in [-0.2, -0.15) is 0 Å². The molecule has 6 heteroatoms. The molecule has 1 aliphatic rings. The van der Waals surface area contributed by atoms with Crippen LogP contribution in [0, 0.1) is 13.8 Å². The molecule has 0 spiro atoms. The molecule has 3 aromatic rings. The topological polar surface area (TPSA) is 64.8 Å². The van der Waals surface area contributed by atoms with Crippen LogP contribution in [0.15, 0.2) is 47.0 Å². The van der Waals surface area contributed by atoms with Gasteiger partial charge in [-0.1, -0.05) is 29.4 Å². The van der Waals surface area contributed by atoms with Crippen LogP contribution in [0.4, 0.5) is 0 Å². The Morgan fingerprint density at radius 1 is 1.14 bits per heavy atom. The number of carbonyl (C=O) groups is 1. The number of benzene rings is 2. The average Bonchev–Trinajstić information content (AvgIpc) is 3.08. The third-order valence-corrected chi connectivity index (χ3v) is 5.38. The lowest BCUT2D eigenvalue weighted by Crippen LogP contribution is -2.35. The van der Waals surface area contributed by atoms with Crippen molar-refractivity contribution in [3.8, 4) is 11.5 Å². The second-order valence-electron chi connectivity index (χ2n) is 7.20. The number of carbonyl (C=O) groups excluding carboxylic acids is 1. The molecule has 0 saturated carbocycles. The third-order valence-electron chi connectivity index (χ3n) is 5.38. The van der Waals surface area contributed by atoms with Crippen molar-refractivity contribution in [3.63, 3.8) is 0 Å². The van der Waals surface area contributed by atoms with E-state index in [2.05, 4.69) is 17.3 Å². The summed E-state index contributed by atoms with van der Waals surface area (Å²) in [6, 6.07) is 13.6. The van der Waals surface area contributed by atoms with E-state index in [1.807, 2.05) is 30.9 Å². The van der Waals surface area contributed by atoms with Gasteiger partial charge in [0.2, 0.25) is 0 Å². The molecule has 150 valence electrons. The number of ether oxygens (including phenoxy) is 2. The highest BCUT2D eigenvalue weighted by Gasteiger charge is 2.22. The van der Waals surface area contributed by atoms with E-state index in [1.54, 1.807) is 25.3 Å². The fourth-order valence-electron chi connectivity index (χ4n) is 3.63. The van der Waals surface area contributed by atoms with Gasteiger partial charge in [0, 0.05) is 18.7 Å². The van der Waals surface area contributed by atoms with Crippen LogP contribution >= 0.6 is 0 Å². The minimum absolute atomic E-state index is 0.00456. The maximum atomic E-state index is 13.0. The Kier molecular flexibility index (Phi) is 5.25. The Morgan fingerprint density at radius 2 is 1.93 bits per heavy atom. The quantitative estimate of drug-likeness (QED) is 0.655. The molecule has 4 rings (SSSR count). The van der Waals surface area contributed by atoms with Crippen molar-refractivity contribution in [2.24, 2.45) is 0 Å². The molecule has 0 saturated heterocycles. The zero-order valence-electron chi connectivity index (χ0n) is 16.9. The SMILES string of the molecule is COc1cc(C(=O)N2CCc3ccccc3C2)ccc1OCc1c(C)noc1C. The van der Waals surface area contributed by atoms with Crippen LogP contribution in [-0.4, -0.2) is 29.6 Å². The van der Waals surface area contributed by atoms with Gasteiger partial charge in [0.15, 0.2) is 11.5 Å². The van der Waals surface area contributed by atoms with Gasteiger partial charge >= 0.3 is 0 Å². The zero-order valence-corrected chi connectivity index (χ0v) is 16.9. The molecule has 29 heavy (non-hydrogen) atoms. The van der Waals surface area contributed by atoms with Crippen LogP contribution in [0.3, 0.4) is 0 Å². The van der Waals surface area contributed by atoms with Crippen molar-refractivity contribution in [3.05, 3.63) is 76.2 Å². The van der Waals surface area contributed by atoms with Gasteiger partial charge in [-0.25, -0.2) is 0 Å². The second-order valence-corrected chi connectivity index (χ2v) is 7.20. The van der Waals surface area contributed by atoms with Gasteiger partial charge in [0.1, 0.15) is 12.4 Å². The van der Waals surface area contributed by atoms with Gasteiger partial charge < -0.3 is 18.9 Å². The van der Waals surface area contributed by atoms with Gasteiger partial charge in [-0.3, -0.25) is 4.79 Å². The number of nitrogens with zero attached hydrogens (tertiary/aromatic N) is 2. The minimum atomic E-state index is -0.00456. The molecule has 2 heterocycles. The van der Waals surface area contributed by atoms with E-state index < -0.39 is 0 Å². The highest BCUT2D eigenvalue weighted by Crippen LogP contribution is 2.30. The van der Waals surface area contributed by atoms with Gasteiger partial charge in [0.25, 0.3) is 5.91 Å². The van der Waals surface area contributed by atoms with Crippen molar-refractivity contribution >= 4 is 5.91 Å². The maximum absolute atomic E-state index is 13.0. The number of aryl methyl sites for hydroxylation is 2. The van der Waals surface area contributed by atoms with Crippen LogP contribution in [0.5, 0.6) is 11.5 Å². The Labute approximate surface area is 170 Å². The molecule has 1 amide bonds. The Balaban J connectivity index is 1.50. The summed E-state index contributed by atoms with van der Waals surface area (Å²) < 4.78 is 16.6. The highest BCUT2D eigenvalue weighted by atomic mass is 16.5. The number of rotatable bonds is 5. The summed E-state index contributed by atoms with van der Waals surface area (Å²) in [4.78, 5) is 14.9. The first-order valence-corrected chi connectivity index (χ1v) is 9.65. The molecule has 0 N–H and O–H groups in total. The molecule has 0 aliphatic carbocycles. The fraction of sp³-hybridized carbons (Fsp3) is 0.304. The van der Waals surface area contributed by atoms with Gasteiger partial charge in [-0.15, -0.1) is 0 Å². The van der Waals surface area contributed by atoms with Crippen molar-refractivity contribution in [2.45, 2.75) is 33.4 Å². The predicted molar refractivity (Wildman–Crippen MR) is 108 cm³/mol. The molecular formula is C23H24N2O4. The van der Waals surface area contributed by atoms with Crippen LogP contribution in [0.2, 0.25) is 0 Å². The first-order valence-electron chi connectivity index (χ1n) is 9.65. The number of fused-ring (bicyclic) bond motifs is 1. The number of amides is 1. The zero-order chi connectivity index (χ0) is 20.4. The van der Waals surface area contributed by atoms with Crippen molar-refractivity contribution in [1.29, 1.82) is 0 Å². The third kappa shape index (κ3) is 3.83. The monoisotopic (exact) mass is 392 g/mol. The summed E-state index contributed by atoms with van der Waals surface area (Å²) in [5.41, 5.74) is 4.83.